The van der Waals surface area contributed by atoms with Gasteiger partial charge in [-0.3, -0.25) is 0 Å². The topological polar surface area (TPSA) is 68.3 Å². The second-order valence-electron chi connectivity index (χ2n) is 6.36. The Morgan fingerprint density at radius 3 is 2.36 bits per heavy atom. The van der Waals surface area contributed by atoms with Crippen LogP contribution in [0, 0.1) is 11.3 Å². The molecule has 1 heterocycles. The van der Waals surface area contributed by atoms with Crippen LogP contribution in [0.15, 0.2) is 23.7 Å². The lowest BCUT2D eigenvalue weighted by molar-refractivity contribution is 0.00578. The minimum absolute atomic E-state index is 0.314. The van der Waals surface area contributed by atoms with Crippen molar-refractivity contribution >= 4 is 24.8 Å². The zero-order valence-corrected chi connectivity index (χ0v) is 14.1. The van der Waals surface area contributed by atoms with Crippen molar-refractivity contribution in [2.75, 3.05) is 6.54 Å². The Hall–Kier alpha value is -1.32. The molecule has 1 aromatic carbocycles. The van der Waals surface area contributed by atoms with E-state index in [1.807, 2.05) is 45.9 Å². The Labute approximate surface area is 137 Å². The molecule has 0 bridgehead atoms. The first-order valence-electron chi connectivity index (χ1n) is 7.16. The molecule has 1 fully saturated rings. The standard InChI is InChI=1S/C16H20BClN2O2/c1-15(2)16(3,4)22-17(21-15)13(10-20)7-11-5-6-12(9-19)14(18)8-11/h5-8H,10,20H2,1-4H3. The highest BCUT2D eigenvalue weighted by molar-refractivity contribution is 6.55. The fourth-order valence-corrected chi connectivity index (χ4v) is 2.37. The van der Waals surface area contributed by atoms with Crippen molar-refractivity contribution in [1.82, 2.24) is 0 Å². The van der Waals surface area contributed by atoms with Gasteiger partial charge in [-0.25, -0.2) is 0 Å². The summed E-state index contributed by atoms with van der Waals surface area (Å²) in [7, 11) is -0.482. The number of rotatable bonds is 3. The first-order valence-corrected chi connectivity index (χ1v) is 7.54. The van der Waals surface area contributed by atoms with Gasteiger partial charge in [0.25, 0.3) is 0 Å². The van der Waals surface area contributed by atoms with E-state index < -0.39 is 18.3 Å². The number of nitriles is 1. The predicted octanol–water partition coefficient (Wildman–Crippen LogP) is 3.19. The Morgan fingerprint density at radius 2 is 1.91 bits per heavy atom. The largest absolute Gasteiger partial charge is 0.491 e. The molecule has 2 N–H and O–H groups in total. The second-order valence-corrected chi connectivity index (χ2v) is 6.77. The maximum Gasteiger partial charge on any atom is 0.491 e. The van der Waals surface area contributed by atoms with Gasteiger partial charge in [-0.05, 0) is 50.9 Å². The van der Waals surface area contributed by atoms with Crippen LogP contribution in [0.4, 0.5) is 0 Å². The Bertz CT molecular complexity index is 634. The van der Waals surface area contributed by atoms with Crippen LogP contribution >= 0.6 is 11.6 Å². The molecule has 22 heavy (non-hydrogen) atoms. The van der Waals surface area contributed by atoms with Crippen molar-refractivity contribution in [3.63, 3.8) is 0 Å². The summed E-state index contributed by atoms with van der Waals surface area (Å²) in [5.41, 5.74) is 7.18. The van der Waals surface area contributed by atoms with E-state index in [1.54, 1.807) is 12.1 Å². The van der Waals surface area contributed by atoms with Crippen molar-refractivity contribution < 1.29 is 9.31 Å². The Balaban J connectivity index is 2.30. The van der Waals surface area contributed by atoms with Gasteiger partial charge in [0, 0.05) is 6.54 Å². The first kappa shape index (κ1) is 17.0. The van der Waals surface area contributed by atoms with E-state index >= 15 is 0 Å². The molecule has 6 heteroatoms. The van der Waals surface area contributed by atoms with Crippen molar-refractivity contribution in [1.29, 1.82) is 5.26 Å². The van der Waals surface area contributed by atoms with E-state index in [-0.39, 0.29) is 0 Å². The van der Waals surface area contributed by atoms with Gasteiger partial charge in [0.2, 0.25) is 0 Å². The van der Waals surface area contributed by atoms with E-state index in [2.05, 4.69) is 0 Å². The summed E-state index contributed by atoms with van der Waals surface area (Å²) in [5, 5.41) is 9.33. The van der Waals surface area contributed by atoms with E-state index in [4.69, 9.17) is 31.9 Å². The molecule has 1 aliphatic rings. The first-order chi connectivity index (χ1) is 10.2. The molecule has 0 unspecified atom stereocenters. The number of hydrogen-bond acceptors (Lipinski definition) is 4. The monoisotopic (exact) mass is 318 g/mol. The molecule has 0 aliphatic carbocycles. The van der Waals surface area contributed by atoms with Crippen molar-refractivity contribution in [2.24, 2.45) is 5.73 Å². The van der Waals surface area contributed by atoms with E-state index in [0.717, 1.165) is 11.0 Å². The number of benzene rings is 1. The average molecular weight is 319 g/mol. The SMILES string of the molecule is CC1(C)OB(C(=Cc2ccc(C#N)c(Cl)c2)CN)OC1(C)C. The summed E-state index contributed by atoms with van der Waals surface area (Å²) in [4.78, 5) is 0. The van der Waals surface area contributed by atoms with Gasteiger partial charge in [0.05, 0.1) is 21.8 Å². The van der Waals surface area contributed by atoms with E-state index in [9.17, 15) is 0 Å². The van der Waals surface area contributed by atoms with Gasteiger partial charge >= 0.3 is 7.12 Å². The molecular weight excluding hydrogens is 298 g/mol. The lowest BCUT2D eigenvalue weighted by atomic mass is 9.77. The van der Waals surface area contributed by atoms with E-state index in [0.29, 0.717) is 17.1 Å². The van der Waals surface area contributed by atoms with Gasteiger partial charge in [-0.1, -0.05) is 23.7 Å². The van der Waals surface area contributed by atoms with Crippen molar-refractivity contribution in [2.45, 2.75) is 38.9 Å². The predicted molar refractivity (Wildman–Crippen MR) is 89.3 cm³/mol. The number of nitrogens with zero attached hydrogens (tertiary/aromatic N) is 1. The average Bonchev–Trinajstić information content (AvgIpc) is 2.65. The molecule has 0 aromatic heterocycles. The highest BCUT2D eigenvalue weighted by atomic mass is 35.5. The summed E-state index contributed by atoms with van der Waals surface area (Å²) in [6.45, 7) is 8.31. The van der Waals surface area contributed by atoms with Gasteiger partial charge in [-0.15, -0.1) is 0 Å². The normalized spacial score (nSPS) is 20.0. The molecule has 1 saturated heterocycles. The van der Waals surface area contributed by atoms with Crippen molar-refractivity contribution in [3.05, 3.63) is 39.8 Å². The fraction of sp³-hybridized carbons (Fsp3) is 0.438. The minimum atomic E-state index is -0.482. The maximum atomic E-state index is 8.92. The lowest BCUT2D eigenvalue weighted by Crippen LogP contribution is -2.41. The highest BCUT2D eigenvalue weighted by Crippen LogP contribution is 2.38. The van der Waals surface area contributed by atoms with Gasteiger partial charge in [-0.2, -0.15) is 5.26 Å². The summed E-state index contributed by atoms with van der Waals surface area (Å²) in [6, 6.07) is 7.29. The van der Waals surface area contributed by atoms with Crippen LogP contribution in [0.5, 0.6) is 0 Å². The van der Waals surface area contributed by atoms with Crippen LogP contribution in [0.25, 0.3) is 6.08 Å². The third kappa shape index (κ3) is 3.21. The smallest absolute Gasteiger partial charge is 0.400 e. The third-order valence-corrected chi connectivity index (χ3v) is 4.57. The molecule has 1 aliphatic heterocycles. The number of nitrogens with two attached hydrogens (primary N) is 1. The van der Waals surface area contributed by atoms with Gasteiger partial charge in [0.1, 0.15) is 6.07 Å². The van der Waals surface area contributed by atoms with Crippen LogP contribution < -0.4 is 5.73 Å². The van der Waals surface area contributed by atoms with Crippen molar-refractivity contribution in [3.8, 4) is 6.07 Å². The summed E-state index contributed by atoms with van der Waals surface area (Å²) >= 11 is 6.06. The van der Waals surface area contributed by atoms with Crippen LogP contribution in [-0.2, 0) is 9.31 Å². The zero-order chi connectivity index (χ0) is 16.5. The zero-order valence-electron chi connectivity index (χ0n) is 13.3. The molecule has 0 radical (unpaired) electrons. The molecule has 0 spiro atoms. The molecule has 4 nitrogen and oxygen atoms in total. The van der Waals surface area contributed by atoms with Crippen LogP contribution in [-0.4, -0.2) is 24.9 Å². The molecule has 2 rings (SSSR count). The minimum Gasteiger partial charge on any atom is -0.400 e. The van der Waals surface area contributed by atoms with Gasteiger partial charge in [0.15, 0.2) is 0 Å². The Morgan fingerprint density at radius 1 is 1.32 bits per heavy atom. The molecule has 1 aromatic rings. The molecule has 116 valence electrons. The maximum absolute atomic E-state index is 8.92. The van der Waals surface area contributed by atoms with E-state index in [1.165, 1.54) is 0 Å². The summed E-state index contributed by atoms with van der Waals surface area (Å²) in [6.07, 6.45) is 1.90. The lowest BCUT2D eigenvalue weighted by Gasteiger charge is -2.32. The molecule has 0 amide bonds. The third-order valence-electron chi connectivity index (χ3n) is 4.26. The summed E-state index contributed by atoms with van der Waals surface area (Å²) < 4.78 is 12.0. The number of halogens is 1. The van der Waals surface area contributed by atoms with Crippen LogP contribution in [0.3, 0.4) is 0 Å². The summed E-state index contributed by atoms with van der Waals surface area (Å²) in [5.74, 6) is 0. The molecular formula is C16H20BClN2O2. The Kier molecular flexibility index (Phi) is 4.69. The van der Waals surface area contributed by atoms with Gasteiger partial charge < -0.3 is 15.0 Å². The number of hydrogen-bond donors (Lipinski definition) is 1. The highest BCUT2D eigenvalue weighted by Gasteiger charge is 2.52. The van der Waals surface area contributed by atoms with Crippen LogP contribution in [0.2, 0.25) is 5.02 Å². The quantitative estimate of drug-likeness (QED) is 0.869. The molecule has 0 saturated carbocycles. The molecule has 0 atom stereocenters. The fourth-order valence-electron chi connectivity index (χ4n) is 2.14. The second kappa shape index (κ2) is 6.06. The van der Waals surface area contributed by atoms with Crippen LogP contribution in [0.1, 0.15) is 38.8 Å².